The van der Waals surface area contributed by atoms with Crippen LogP contribution in [0.1, 0.15) is 12.5 Å². The normalized spacial score (nSPS) is 11.8. The number of carbonyl (C=O) groups excluding carboxylic acids is 2. The molecule has 0 heterocycles. The van der Waals surface area contributed by atoms with Crippen LogP contribution >= 0.6 is 11.8 Å². The van der Waals surface area contributed by atoms with Crippen molar-refractivity contribution in [2.24, 2.45) is 0 Å². The Labute approximate surface area is 169 Å². The van der Waals surface area contributed by atoms with Gasteiger partial charge in [0.2, 0.25) is 0 Å². The van der Waals surface area contributed by atoms with Crippen molar-refractivity contribution in [3.8, 4) is 0 Å². The number of hydrogen-bond acceptors (Lipinski definition) is 4. The van der Waals surface area contributed by atoms with E-state index in [-0.39, 0.29) is 11.7 Å². The van der Waals surface area contributed by atoms with Gasteiger partial charge in [-0.25, -0.2) is 0 Å². The molecule has 0 radical (unpaired) electrons. The first-order valence-electron chi connectivity index (χ1n) is 9.13. The van der Waals surface area contributed by atoms with Crippen molar-refractivity contribution in [2.45, 2.75) is 24.5 Å². The van der Waals surface area contributed by atoms with Gasteiger partial charge in [0.25, 0.3) is 5.91 Å². The van der Waals surface area contributed by atoms with Crippen LogP contribution in [-0.4, -0.2) is 35.7 Å². The lowest BCUT2D eigenvalue weighted by Gasteiger charge is -2.21. The Hall–Kier alpha value is -2.79. The van der Waals surface area contributed by atoms with E-state index in [1.807, 2.05) is 60.7 Å². The van der Waals surface area contributed by atoms with Crippen LogP contribution in [-0.2, 0) is 20.9 Å². The van der Waals surface area contributed by atoms with Crippen molar-refractivity contribution >= 4 is 34.4 Å². The molecule has 1 amide bonds. The molecule has 0 aliphatic heterocycles. The van der Waals surface area contributed by atoms with E-state index in [2.05, 4.69) is 12.1 Å². The molecule has 0 spiro atoms. The van der Waals surface area contributed by atoms with E-state index >= 15 is 0 Å². The van der Waals surface area contributed by atoms with Gasteiger partial charge < -0.3 is 9.64 Å². The molecular formula is C23H23NO3S. The number of carbonyl (C=O) groups is 2. The number of rotatable bonds is 7. The summed E-state index contributed by atoms with van der Waals surface area (Å²) in [5.74, 6) is -0.446. The average Bonchev–Trinajstić information content (AvgIpc) is 2.72. The molecule has 3 aromatic carbocycles. The molecule has 0 unspecified atom stereocenters. The summed E-state index contributed by atoms with van der Waals surface area (Å²) in [6, 6.07) is 23.9. The van der Waals surface area contributed by atoms with Crippen LogP contribution in [0.15, 0.2) is 77.7 Å². The number of nitrogens with zero attached hydrogens (tertiary/aromatic N) is 1. The maximum absolute atomic E-state index is 12.4. The van der Waals surface area contributed by atoms with Gasteiger partial charge in [-0.05, 0) is 35.4 Å². The van der Waals surface area contributed by atoms with Gasteiger partial charge in [-0.2, -0.15) is 0 Å². The summed E-state index contributed by atoms with van der Waals surface area (Å²) in [7, 11) is 1.71. The third-order valence-electron chi connectivity index (χ3n) is 4.37. The fraction of sp³-hybridized carbons (Fsp3) is 0.217. The molecule has 0 aliphatic rings. The fourth-order valence-electron chi connectivity index (χ4n) is 2.93. The number of benzene rings is 3. The van der Waals surface area contributed by atoms with Crippen LogP contribution in [0.3, 0.4) is 0 Å². The quantitative estimate of drug-likeness (QED) is 0.437. The van der Waals surface area contributed by atoms with E-state index in [1.165, 1.54) is 11.8 Å². The second-order valence-corrected chi connectivity index (χ2v) is 7.66. The van der Waals surface area contributed by atoms with Gasteiger partial charge in [0, 0.05) is 18.5 Å². The summed E-state index contributed by atoms with van der Waals surface area (Å²) >= 11 is 1.41. The van der Waals surface area contributed by atoms with Crippen LogP contribution in [0.5, 0.6) is 0 Å². The highest BCUT2D eigenvalue weighted by atomic mass is 32.2. The molecule has 144 valence electrons. The molecule has 4 nitrogen and oxygen atoms in total. The predicted octanol–water partition coefficient (Wildman–Crippen LogP) is 4.52. The first-order chi connectivity index (χ1) is 13.5. The lowest BCUT2D eigenvalue weighted by atomic mass is 10.1. The zero-order valence-electron chi connectivity index (χ0n) is 16.0. The Bertz CT molecular complexity index is 958. The maximum atomic E-state index is 12.4. The fourth-order valence-corrected chi connectivity index (χ4v) is 3.65. The van der Waals surface area contributed by atoms with Crippen molar-refractivity contribution in [3.05, 3.63) is 78.4 Å². The van der Waals surface area contributed by atoms with Crippen LogP contribution in [0.2, 0.25) is 0 Å². The maximum Gasteiger partial charge on any atom is 0.317 e. The van der Waals surface area contributed by atoms with E-state index in [9.17, 15) is 9.59 Å². The zero-order chi connectivity index (χ0) is 19.9. The van der Waals surface area contributed by atoms with E-state index < -0.39 is 12.1 Å². The van der Waals surface area contributed by atoms with Crippen LogP contribution < -0.4 is 0 Å². The first kappa shape index (κ1) is 20.0. The third kappa shape index (κ3) is 5.36. The molecule has 0 bridgehead atoms. The highest BCUT2D eigenvalue weighted by molar-refractivity contribution is 8.00. The largest absolute Gasteiger partial charge is 0.452 e. The monoisotopic (exact) mass is 393 g/mol. The Balaban J connectivity index is 1.49. The standard InChI is InChI=1S/C23H23NO3S/c1-17(23(26)24(2)15-18-8-4-3-5-9-18)27-22(25)16-28-21-13-12-19-10-6-7-11-20(19)14-21/h3-14,17H,15-16H2,1-2H3/t17-/m1/s1. The molecule has 0 saturated carbocycles. The number of thioether (sulfide) groups is 1. The zero-order valence-corrected chi connectivity index (χ0v) is 16.8. The molecule has 3 aromatic rings. The van der Waals surface area contributed by atoms with Crippen molar-refractivity contribution in [2.75, 3.05) is 12.8 Å². The molecular weight excluding hydrogens is 370 g/mol. The Kier molecular flexibility index (Phi) is 6.71. The lowest BCUT2D eigenvalue weighted by Crippen LogP contribution is -2.37. The lowest BCUT2D eigenvalue weighted by molar-refractivity contribution is -0.156. The van der Waals surface area contributed by atoms with Gasteiger partial charge >= 0.3 is 5.97 Å². The summed E-state index contributed by atoms with van der Waals surface area (Å²) in [5, 5.41) is 2.29. The minimum Gasteiger partial charge on any atom is -0.452 e. The van der Waals surface area contributed by atoms with Gasteiger partial charge in [0.05, 0.1) is 5.75 Å². The van der Waals surface area contributed by atoms with Crippen LogP contribution in [0.4, 0.5) is 0 Å². The van der Waals surface area contributed by atoms with E-state index in [1.54, 1.807) is 18.9 Å². The highest BCUT2D eigenvalue weighted by Gasteiger charge is 2.21. The summed E-state index contributed by atoms with van der Waals surface area (Å²) in [5.41, 5.74) is 1.03. The summed E-state index contributed by atoms with van der Waals surface area (Å²) in [6.07, 6.45) is -0.807. The summed E-state index contributed by atoms with van der Waals surface area (Å²) in [4.78, 5) is 27.2. The number of amides is 1. The number of ether oxygens (including phenoxy) is 1. The molecule has 0 fully saturated rings. The molecule has 3 rings (SSSR count). The minimum absolute atomic E-state index is 0.165. The SMILES string of the molecule is C[C@@H](OC(=O)CSc1ccc2ccccc2c1)C(=O)N(C)Cc1ccccc1. The number of esters is 1. The molecule has 0 aromatic heterocycles. The van der Waals surface area contributed by atoms with Crippen molar-refractivity contribution < 1.29 is 14.3 Å². The minimum atomic E-state index is -0.807. The van der Waals surface area contributed by atoms with Crippen molar-refractivity contribution in [3.63, 3.8) is 0 Å². The molecule has 28 heavy (non-hydrogen) atoms. The molecule has 0 N–H and O–H groups in total. The van der Waals surface area contributed by atoms with Gasteiger partial charge in [-0.3, -0.25) is 9.59 Å². The Morgan fingerprint density at radius 3 is 2.39 bits per heavy atom. The smallest absolute Gasteiger partial charge is 0.317 e. The number of hydrogen-bond donors (Lipinski definition) is 0. The third-order valence-corrected chi connectivity index (χ3v) is 5.34. The van der Waals surface area contributed by atoms with Crippen molar-refractivity contribution in [1.82, 2.24) is 4.90 Å². The summed E-state index contributed by atoms with van der Waals surface area (Å²) < 4.78 is 5.33. The van der Waals surface area contributed by atoms with Gasteiger partial charge in [0.15, 0.2) is 6.10 Å². The highest BCUT2D eigenvalue weighted by Crippen LogP contribution is 2.23. The Morgan fingerprint density at radius 2 is 1.64 bits per heavy atom. The van der Waals surface area contributed by atoms with Gasteiger partial charge in [-0.15, -0.1) is 11.8 Å². The molecule has 1 atom stereocenters. The van der Waals surface area contributed by atoms with E-state index in [0.717, 1.165) is 21.2 Å². The van der Waals surface area contributed by atoms with Gasteiger partial charge in [-0.1, -0.05) is 60.7 Å². The second-order valence-electron chi connectivity index (χ2n) is 6.61. The van der Waals surface area contributed by atoms with Crippen LogP contribution in [0, 0.1) is 0 Å². The molecule has 0 aliphatic carbocycles. The summed E-state index contributed by atoms with van der Waals surface area (Å²) in [6.45, 7) is 2.09. The average molecular weight is 394 g/mol. The van der Waals surface area contributed by atoms with E-state index in [0.29, 0.717) is 6.54 Å². The Morgan fingerprint density at radius 1 is 0.964 bits per heavy atom. The van der Waals surface area contributed by atoms with E-state index in [4.69, 9.17) is 4.74 Å². The first-order valence-corrected chi connectivity index (χ1v) is 10.1. The second kappa shape index (κ2) is 9.42. The number of likely N-dealkylation sites (N-methyl/N-ethyl adjacent to an activating group) is 1. The molecule has 0 saturated heterocycles. The van der Waals surface area contributed by atoms with Gasteiger partial charge in [0.1, 0.15) is 0 Å². The number of fused-ring (bicyclic) bond motifs is 1. The molecule has 5 heteroatoms. The predicted molar refractivity (Wildman–Crippen MR) is 113 cm³/mol. The van der Waals surface area contributed by atoms with Crippen LogP contribution in [0.25, 0.3) is 10.8 Å². The topological polar surface area (TPSA) is 46.6 Å². The van der Waals surface area contributed by atoms with Crippen molar-refractivity contribution in [1.29, 1.82) is 0 Å².